The van der Waals surface area contributed by atoms with Crippen molar-refractivity contribution in [3.63, 3.8) is 0 Å². The molecule has 0 aromatic carbocycles. The van der Waals surface area contributed by atoms with Gasteiger partial charge >= 0.3 is 0 Å². The zero-order valence-corrected chi connectivity index (χ0v) is 16.8. The van der Waals surface area contributed by atoms with Crippen molar-refractivity contribution in [2.24, 2.45) is 7.05 Å². The number of amides is 1. The van der Waals surface area contributed by atoms with Crippen LogP contribution in [0.25, 0.3) is 0 Å². The van der Waals surface area contributed by atoms with Crippen LogP contribution in [-0.2, 0) is 13.5 Å². The first-order valence-electron chi connectivity index (χ1n) is 9.69. The molecule has 27 heavy (non-hydrogen) atoms. The Balaban J connectivity index is 1.60. The van der Waals surface area contributed by atoms with Crippen molar-refractivity contribution in [1.82, 2.24) is 19.7 Å². The standard InChI is InChI=1S/C20H30N6O/c1-5-18-17(14-25(4)23-18)20(27)26-11-6-7-15(10-12-26)22-16-8-9-19(21-13-16)24(2)3/h8-9,13-15,22H,5-7,10-12H2,1-4H3/t15-/m1/s1. The van der Waals surface area contributed by atoms with Gasteiger partial charge in [0.15, 0.2) is 0 Å². The number of anilines is 2. The van der Waals surface area contributed by atoms with Crippen molar-refractivity contribution >= 4 is 17.4 Å². The first-order chi connectivity index (χ1) is 13.0. The number of hydrogen-bond donors (Lipinski definition) is 1. The molecule has 1 aliphatic heterocycles. The molecule has 0 aliphatic carbocycles. The summed E-state index contributed by atoms with van der Waals surface area (Å²) in [5.41, 5.74) is 2.66. The zero-order chi connectivity index (χ0) is 19.4. The second-order valence-corrected chi connectivity index (χ2v) is 7.38. The van der Waals surface area contributed by atoms with Crippen LogP contribution in [0.3, 0.4) is 0 Å². The third-order valence-electron chi connectivity index (χ3n) is 5.06. The predicted octanol–water partition coefficient (Wildman–Crippen LogP) is 2.55. The van der Waals surface area contributed by atoms with Gasteiger partial charge in [0.05, 0.1) is 23.1 Å². The molecule has 1 N–H and O–H groups in total. The summed E-state index contributed by atoms with van der Waals surface area (Å²) in [5, 5.41) is 7.98. The maximum atomic E-state index is 12.9. The molecular formula is C20H30N6O. The molecule has 0 radical (unpaired) electrons. The molecule has 2 aromatic heterocycles. The highest BCUT2D eigenvalue weighted by Crippen LogP contribution is 2.20. The Morgan fingerprint density at radius 3 is 2.78 bits per heavy atom. The van der Waals surface area contributed by atoms with E-state index in [0.29, 0.717) is 6.04 Å². The number of carbonyl (C=O) groups is 1. The van der Waals surface area contributed by atoms with Gasteiger partial charge in [0.2, 0.25) is 0 Å². The van der Waals surface area contributed by atoms with Gasteiger partial charge in [-0.2, -0.15) is 5.10 Å². The first-order valence-corrected chi connectivity index (χ1v) is 9.69. The van der Waals surface area contributed by atoms with Crippen LogP contribution in [0.1, 0.15) is 42.2 Å². The monoisotopic (exact) mass is 370 g/mol. The van der Waals surface area contributed by atoms with Crippen LogP contribution < -0.4 is 10.2 Å². The van der Waals surface area contributed by atoms with E-state index in [-0.39, 0.29) is 5.91 Å². The summed E-state index contributed by atoms with van der Waals surface area (Å²) < 4.78 is 1.73. The number of hydrogen-bond acceptors (Lipinski definition) is 5. The minimum Gasteiger partial charge on any atom is -0.381 e. The van der Waals surface area contributed by atoms with E-state index in [9.17, 15) is 4.79 Å². The average Bonchev–Trinajstić information content (AvgIpc) is 2.89. The highest BCUT2D eigenvalue weighted by molar-refractivity contribution is 5.95. The Morgan fingerprint density at radius 1 is 1.30 bits per heavy atom. The van der Waals surface area contributed by atoms with E-state index in [1.165, 1.54) is 0 Å². The molecule has 3 heterocycles. The van der Waals surface area contributed by atoms with Gasteiger partial charge in [-0.3, -0.25) is 9.48 Å². The number of rotatable bonds is 5. The highest BCUT2D eigenvalue weighted by atomic mass is 16.2. The molecule has 0 bridgehead atoms. The van der Waals surface area contributed by atoms with E-state index in [2.05, 4.69) is 21.5 Å². The van der Waals surface area contributed by atoms with Crippen LogP contribution in [0.15, 0.2) is 24.5 Å². The van der Waals surface area contributed by atoms with Crippen molar-refractivity contribution in [2.75, 3.05) is 37.4 Å². The third-order valence-corrected chi connectivity index (χ3v) is 5.06. The molecule has 2 aromatic rings. The Labute approximate surface area is 161 Å². The van der Waals surface area contributed by atoms with Crippen molar-refractivity contribution in [1.29, 1.82) is 0 Å². The number of likely N-dealkylation sites (tertiary alicyclic amines) is 1. The lowest BCUT2D eigenvalue weighted by molar-refractivity contribution is 0.0760. The Kier molecular flexibility index (Phi) is 5.98. The number of aromatic nitrogens is 3. The lowest BCUT2D eigenvalue weighted by atomic mass is 10.1. The van der Waals surface area contributed by atoms with Crippen molar-refractivity contribution in [3.8, 4) is 0 Å². The van der Waals surface area contributed by atoms with E-state index < -0.39 is 0 Å². The minimum absolute atomic E-state index is 0.109. The number of carbonyl (C=O) groups excluding carboxylic acids is 1. The summed E-state index contributed by atoms with van der Waals surface area (Å²) in [6, 6.07) is 4.44. The fraction of sp³-hybridized carbons (Fsp3) is 0.550. The Morgan fingerprint density at radius 2 is 2.11 bits per heavy atom. The lowest BCUT2D eigenvalue weighted by Crippen LogP contribution is -2.33. The Hall–Kier alpha value is -2.57. The molecule has 1 fully saturated rings. The van der Waals surface area contributed by atoms with E-state index in [0.717, 1.165) is 61.5 Å². The number of nitrogens with zero attached hydrogens (tertiary/aromatic N) is 5. The van der Waals surface area contributed by atoms with Crippen molar-refractivity contribution in [3.05, 3.63) is 35.8 Å². The van der Waals surface area contributed by atoms with Crippen LogP contribution in [-0.4, -0.2) is 58.8 Å². The first kappa shape index (κ1) is 19.2. The van der Waals surface area contributed by atoms with Gasteiger partial charge in [-0.25, -0.2) is 4.98 Å². The van der Waals surface area contributed by atoms with Gasteiger partial charge in [-0.1, -0.05) is 6.92 Å². The third kappa shape index (κ3) is 4.59. The minimum atomic E-state index is 0.109. The van der Waals surface area contributed by atoms with Gasteiger partial charge in [-0.15, -0.1) is 0 Å². The summed E-state index contributed by atoms with van der Waals surface area (Å²) in [5.74, 6) is 1.05. The summed E-state index contributed by atoms with van der Waals surface area (Å²) >= 11 is 0. The molecule has 146 valence electrons. The van der Waals surface area contributed by atoms with Crippen LogP contribution in [0, 0.1) is 0 Å². The highest BCUT2D eigenvalue weighted by Gasteiger charge is 2.24. The van der Waals surface area contributed by atoms with Gasteiger partial charge in [-0.05, 0) is 37.8 Å². The van der Waals surface area contributed by atoms with E-state index in [4.69, 9.17) is 0 Å². The fourth-order valence-corrected chi connectivity index (χ4v) is 3.56. The SMILES string of the molecule is CCc1nn(C)cc1C(=O)N1CCC[C@@H](Nc2ccc(N(C)C)nc2)CC1. The van der Waals surface area contributed by atoms with Crippen molar-refractivity contribution in [2.45, 2.75) is 38.6 Å². The summed E-state index contributed by atoms with van der Waals surface area (Å²) in [6.45, 7) is 3.60. The summed E-state index contributed by atoms with van der Waals surface area (Å²) in [7, 11) is 5.84. The lowest BCUT2D eigenvalue weighted by Gasteiger charge is -2.21. The fourth-order valence-electron chi connectivity index (χ4n) is 3.56. The summed E-state index contributed by atoms with van der Waals surface area (Å²) in [4.78, 5) is 21.4. The topological polar surface area (TPSA) is 66.3 Å². The maximum Gasteiger partial charge on any atom is 0.257 e. The van der Waals surface area contributed by atoms with Crippen LogP contribution in [0.4, 0.5) is 11.5 Å². The average molecular weight is 371 g/mol. The molecule has 1 saturated heterocycles. The van der Waals surface area contributed by atoms with Gasteiger partial charge in [0, 0.05) is 46.5 Å². The van der Waals surface area contributed by atoms with Crippen LogP contribution >= 0.6 is 0 Å². The molecule has 0 spiro atoms. The van der Waals surface area contributed by atoms with E-state index in [1.54, 1.807) is 4.68 Å². The molecule has 1 aliphatic rings. The molecule has 3 rings (SSSR count). The molecular weight excluding hydrogens is 340 g/mol. The molecule has 0 unspecified atom stereocenters. The number of pyridine rings is 1. The van der Waals surface area contributed by atoms with Gasteiger partial charge in [0.1, 0.15) is 5.82 Å². The van der Waals surface area contributed by atoms with Crippen LogP contribution in [0.5, 0.6) is 0 Å². The number of aryl methyl sites for hydroxylation is 2. The normalized spacial score (nSPS) is 17.5. The maximum absolute atomic E-state index is 12.9. The molecule has 1 amide bonds. The van der Waals surface area contributed by atoms with Gasteiger partial charge < -0.3 is 15.1 Å². The smallest absolute Gasteiger partial charge is 0.257 e. The quantitative estimate of drug-likeness (QED) is 0.876. The second kappa shape index (κ2) is 8.41. The number of nitrogens with one attached hydrogen (secondary N) is 1. The molecule has 0 saturated carbocycles. The van der Waals surface area contributed by atoms with E-state index in [1.807, 2.05) is 56.3 Å². The molecule has 1 atom stereocenters. The van der Waals surface area contributed by atoms with Crippen LogP contribution in [0.2, 0.25) is 0 Å². The predicted molar refractivity (Wildman–Crippen MR) is 108 cm³/mol. The second-order valence-electron chi connectivity index (χ2n) is 7.38. The molecule has 7 nitrogen and oxygen atoms in total. The zero-order valence-electron chi connectivity index (χ0n) is 16.8. The summed E-state index contributed by atoms with van der Waals surface area (Å²) in [6.07, 6.45) is 7.48. The molecule has 7 heteroatoms. The largest absolute Gasteiger partial charge is 0.381 e. The van der Waals surface area contributed by atoms with Crippen molar-refractivity contribution < 1.29 is 4.79 Å². The Bertz CT molecular complexity index is 767. The van der Waals surface area contributed by atoms with E-state index >= 15 is 0 Å². The van der Waals surface area contributed by atoms with Gasteiger partial charge in [0.25, 0.3) is 5.91 Å².